The average Bonchev–Trinajstić information content (AvgIpc) is 2.93. The van der Waals surface area contributed by atoms with Gasteiger partial charge in [0.25, 0.3) is 0 Å². The summed E-state index contributed by atoms with van der Waals surface area (Å²) in [5, 5.41) is 8.09. The Morgan fingerprint density at radius 3 is 2.86 bits per heavy atom. The lowest BCUT2D eigenvalue weighted by Crippen LogP contribution is -2.47. The van der Waals surface area contributed by atoms with Crippen molar-refractivity contribution in [2.75, 3.05) is 27.2 Å². The number of hydrogen-bond acceptors (Lipinski definition) is 3. The van der Waals surface area contributed by atoms with E-state index in [1.54, 1.807) is 0 Å². The van der Waals surface area contributed by atoms with Crippen LogP contribution in [0.15, 0.2) is 24.4 Å². The molecular weight excluding hydrogens is 360 g/mol. The number of nitrogens with zero attached hydrogens (tertiary/aromatic N) is 2. The topological polar surface area (TPSA) is 49.3 Å². The molecule has 2 aromatic rings. The van der Waals surface area contributed by atoms with E-state index in [0.29, 0.717) is 25.4 Å². The molecule has 29 heavy (non-hydrogen) atoms. The molecule has 0 saturated carbocycles. The Morgan fingerprint density at radius 2 is 2.17 bits per heavy atom. The number of hydrogen-bond donors (Lipinski definition) is 2. The first-order valence-corrected chi connectivity index (χ1v) is 10.6. The third-order valence-electron chi connectivity index (χ3n) is 5.53. The summed E-state index contributed by atoms with van der Waals surface area (Å²) in [4.78, 5) is 15.1. The van der Waals surface area contributed by atoms with Crippen molar-refractivity contribution >= 4 is 16.8 Å². The Morgan fingerprint density at radius 1 is 1.38 bits per heavy atom. The zero-order valence-corrected chi connectivity index (χ0v) is 18.4. The summed E-state index contributed by atoms with van der Waals surface area (Å²) in [6, 6.07) is 6.45. The largest absolute Gasteiger partial charge is 0.353 e. The van der Waals surface area contributed by atoms with Gasteiger partial charge in [0, 0.05) is 36.2 Å². The van der Waals surface area contributed by atoms with Gasteiger partial charge in [-0.1, -0.05) is 31.9 Å². The molecule has 5 nitrogen and oxygen atoms in total. The van der Waals surface area contributed by atoms with E-state index in [-0.39, 0.29) is 18.0 Å². The smallest absolute Gasteiger partial charge is 0.237 e. The summed E-state index contributed by atoms with van der Waals surface area (Å²) in [6.07, 6.45) is 3.89. The lowest BCUT2D eigenvalue weighted by Gasteiger charge is -2.25. The average molecular weight is 395 g/mol. The van der Waals surface area contributed by atoms with E-state index in [9.17, 15) is 4.79 Å². The molecule has 2 heterocycles. The van der Waals surface area contributed by atoms with E-state index in [0.717, 1.165) is 13.0 Å². The van der Waals surface area contributed by atoms with Crippen LogP contribution in [0.5, 0.6) is 0 Å². The van der Waals surface area contributed by atoms with E-state index in [2.05, 4.69) is 70.2 Å². The summed E-state index contributed by atoms with van der Waals surface area (Å²) in [5.41, 5.74) is 3.75. The van der Waals surface area contributed by atoms with Crippen molar-refractivity contribution in [2.24, 2.45) is 5.92 Å². The van der Waals surface area contributed by atoms with Gasteiger partial charge in [0.15, 0.2) is 0 Å². The van der Waals surface area contributed by atoms with E-state index < -0.39 is 0 Å². The Hall–Kier alpha value is -2.29. The predicted octanol–water partition coefficient (Wildman–Crippen LogP) is 2.94. The van der Waals surface area contributed by atoms with E-state index >= 15 is 0 Å². The maximum atomic E-state index is 13.0. The van der Waals surface area contributed by atoms with Crippen LogP contribution in [0.1, 0.15) is 44.4 Å². The molecule has 1 aromatic heterocycles. The molecule has 2 N–H and O–H groups in total. The second kappa shape index (κ2) is 9.47. The van der Waals surface area contributed by atoms with Gasteiger partial charge in [-0.3, -0.25) is 10.1 Å². The first kappa shape index (κ1) is 21.4. The molecule has 0 spiro atoms. The molecule has 0 radical (unpaired) electrons. The molecule has 0 unspecified atom stereocenters. The van der Waals surface area contributed by atoms with Gasteiger partial charge >= 0.3 is 0 Å². The minimum Gasteiger partial charge on any atom is -0.353 e. The molecule has 1 aliphatic heterocycles. The maximum Gasteiger partial charge on any atom is 0.237 e. The third-order valence-corrected chi connectivity index (χ3v) is 5.53. The predicted molar refractivity (Wildman–Crippen MR) is 120 cm³/mol. The van der Waals surface area contributed by atoms with Gasteiger partial charge in [-0.05, 0) is 57.0 Å². The second-order valence-electron chi connectivity index (χ2n) is 8.65. The highest BCUT2D eigenvalue weighted by Crippen LogP contribution is 2.35. The molecule has 5 heteroatoms. The normalized spacial score (nSPS) is 18.6. The van der Waals surface area contributed by atoms with Crippen molar-refractivity contribution in [3.63, 3.8) is 0 Å². The lowest BCUT2D eigenvalue weighted by atomic mass is 9.94. The summed E-state index contributed by atoms with van der Waals surface area (Å²) < 4.78 is 2.23. The summed E-state index contributed by atoms with van der Waals surface area (Å²) in [5.74, 6) is 6.80. The Balaban J connectivity index is 1.96. The van der Waals surface area contributed by atoms with E-state index in [1.165, 1.54) is 22.0 Å². The van der Waals surface area contributed by atoms with Gasteiger partial charge in [-0.2, -0.15) is 0 Å². The van der Waals surface area contributed by atoms with Crippen LogP contribution in [0.4, 0.5) is 0 Å². The zero-order chi connectivity index (χ0) is 21.0. The first-order chi connectivity index (χ1) is 13.9. The molecular formula is C24H34N4O. The quantitative estimate of drug-likeness (QED) is 0.710. The van der Waals surface area contributed by atoms with Crippen molar-refractivity contribution in [2.45, 2.75) is 52.2 Å². The molecule has 0 aliphatic carbocycles. The van der Waals surface area contributed by atoms with Crippen molar-refractivity contribution in [3.05, 3.63) is 35.5 Å². The van der Waals surface area contributed by atoms with Crippen LogP contribution in [-0.4, -0.2) is 48.6 Å². The molecule has 1 aliphatic rings. The zero-order valence-electron chi connectivity index (χ0n) is 18.4. The highest BCUT2D eigenvalue weighted by molar-refractivity contribution is 5.90. The fourth-order valence-electron chi connectivity index (χ4n) is 4.18. The molecule has 0 fully saturated rings. The van der Waals surface area contributed by atoms with E-state index in [1.807, 2.05) is 21.0 Å². The van der Waals surface area contributed by atoms with Crippen LogP contribution in [-0.2, 0) is 17.8 Å². The molecule has 0 saturated heterocycles. The van der Waals surface area contributed by atoms with Gasteiger partial charge in [0.05, 0.1) is 12.6 Å². The third kappa shape index (κ3) is 5.01. The van der Waals surface area contributed by atoms with Crippen molar-refractivity contribution < 1.29 is 4.79 Å². The van der Waals surface area contributed by atoms with Crippen LogP contribution in [0.2, 0.25) is 0 Å². The number of nitrogens with one attached hydrogen (secondary N) is 2. The fraction of sp³-hybridized carbons (Fsp3) is 0.542. The van der Waals surface area contributed by atoms with Crippen LogP contribution >= 0.6 is 0 Å². The molecule has 1 amide bonds. The Labute approximate surface area is 174 Å². The van der Waals surface area contributed by atoms with Gasteiger partial charge in [0.2, 0.25) is 5.91 Å². The summed E-state index contributed by atoms with van der Waals surface area (Å²) in [7, 11) is 4.04. The first-order valence-electron chi connectivity index (χ1n) is 10.6. The van der Waals surface area contributed by atoms with Crippen molar-refractivity contribution in [1.82, 2.24) is 20.1 Å². The number of rotatable bonds is 7. The van der Waals surface area contributed by atoms with Crippen LogP contribution in [0.3, 0.4) is 0 Å². The highest BCUT2D eigenvalue weighted by Gasteiger charge is 2.30. The minimum atomic E-state index is -0.232. The lowest BCUT2D eigenvalue weighted by molar-refractivity contribution is -0.123. The Bertz CT molecular complexity index is 916. The number of carbonyl (C=O) groups is 1. The standard InChI is InChI=1S/C24H34N4O/c1-6-7-12-28-16-18-15-21(24(29)25-11-13-27(4)5)26-20(14-17(2)3)19-9-8-10-22(28)23(18)19/h8-10,16-17,20-21,26H,11-15H2,1-5H3,(H,25,29)/t20-,21-/m0/s1. The number of aromatic nitrogens is 1. The molecule has 0 bridgehead atoms. The number of benzene rings is 1. The molecule has 2 atom stereocenters. The fourth-order valence-corrected chi connectivity index (χ4v) is 4.18. The number of likely N-dealkylation sites (N-methyl/N-ethyl adjacent to an activating group) is 1. The van der Waals surface area contributed by atoms with Gasteiger partial charge in [-0.25, -0.2) is 0 Å². The number of carbonyl (C=O) groups excluding carboxylic acids is 1. The molecule has 156 valence electrons. The Kier molecular flexibility index (Phi) is 7.00. The summed E-state index contributed by atoms with van der Waals surface area (Å²) >= 11 is 0. The van der Waals surface area contributed by atoms with Gasteiger partial charge in [0.1, 0.15) is 0 Å². The van der Waals surface area contributed by atoms with Crippen LogP contribution in [0.25, 0.3) is 10.9 Å². The van der Waals surface area contributed by atoms with E-state index in [4.69, 9.17) is 0 Å². The van der Waals surface area contributed by atoms with Crippen LogP contribution < -0.4 is 10.6 Å². The monoisotopic (exact) mass is 394 g/mol. The summed E-state index contributed by atoms with van der Waals surface area (Å²) in [6.45, 7) is 8.53. The SMILES string of the molecule is CC#CCn1cc2c3c(cccc31)[C@H](CC(C)C)N[C@H](C(=O)NCCN(C)C)C2. The van der Waals surface area contributed by atoms with Crippen molar-refractivity contribution in [1.29, 1.82) is 0 Å². The second-order valence-corrected chi connectivity index (χ2v) is 8.65. The van der Waals surface area contributed by atoms with Crippen molar-refractivity contribution in [3.8, 4) is 11.8 Å². The maximum absolute atomic E-state index is 13.0. The highest BCUT2D eigenvalue weighted by atomic mass is 16.2. The van der Waals surface area contributed by atoms with Gasteiger partial charge < -0.3 is 14.8 Å². The molecule has 1 aromatic carbocycles. The number of amides is 1. The van der Waals surface area contributed by atoms with Gasteiger partial charge in [-0.15, -0.1) is 5.92 Å². The molecule has 3 rings (SSSR count). The minimum absolute atomic E-state index is 0.0858. The van der Waals surface area contributed by atoms with Crippen LogP contribution in [0, 0.1) is 17.8 Å².